The minimum absolute atomic E-state index is 0.0296. The molecule has 18 heavy (non-hydrogen) atoms. The molecule has 1 aromatic rings. The van der Waals surface area contributed by atoms with Gasteiger partial charge >= 0.3 is 0 Å². The molecule has 1 atom stereocenters. The quantitative estimate of drug-likeness (QED) is 0.741. The van der Waals surface area contributed by atoms with Crippen LogP contribution in [-0.2, 0) is 27.4 Å². The number of rotatable bonds is 6. The number of hydrogen-bond donors (Lipinski definition) is 0. The summed E-state index contributed by atoms with van der Waals surface area (Å²) in [7, 11) is 0. The zero-order chi connectivity index (χ0) is 12.6. The van der Waals surface area contributed by atoms with E-state index in [1.807, 2.05) is 12.1 Å². The summed E-state index contributed by atoms with van der Waals surface area (Å²) < 4.78 is 16.4. The van der Waals surface area contributed by atoms with Crippen molar-refractivity contribution in [2.45, 2.75) is 38.8 Å². The standard InChI is InChI=1S/C14H19ClO3/c15-11-16-9-12-4-6-13(7-5-12)10-18-14-3-1-2-8-17-14/h4-7,14H,1-3,8-11H2. The van der Waals surface area contributed by atoms with Crippen LogP contribution in [0.4, 0.5) is 0 Å². The van der Waals surface area contributed by atoms with Crippen molar-refractivity contribution in [3.8, 4) is 0 Å². The molecule has 3 nitrogen and oxygen atoms in total. The molecule has 0 N–H and O–H groups in total. The normalized spacial score (nSPS) is 19.9. The summed E-state index contributed by atoms with van der Waals surface area (Å²) in [5.74, 6) is 0. The first-order valence-corrected chi connectivity index (χ1v) is 6.86. The second-order valence-corrected chi connectivity index (χ2v) is 4.60. The minimum atomic E-state index is -0.0296. The monoisotopic (exact) mass is 270 g/mol. The van der Waals surface area contributed by atoms with Gasteiger partial charge < -0.3 is 14.2 Å². The van der Waals surface area contributed by atoms with Gasteiger partial charge in [0, 0.05) is 6.61 Å². The minimum Gasteiger partial charge on any atom is -0.361 e. The third kappa shape index (κ3) is 4.58. The Bertz CT molecular complexity index is 333. The largest absolute Gasteiger partial charge is 0.361 e. The molecule has 0 spiro atoms. The van der Waals surface area contributed by atoms with E-state index in [2.05, 4.69) is 12.1 Å². The van der Waals surface area contributed by atoms with Gasteiger partial charge in [0.25, 0.3) is 0 Å². The molecule has 1 aliphatic rings. The summed E-state index contributed by atoms with van der Waals surface area (Å²) in [6.45, 7) is 1.97. The van der Waals surface area contributed by atoms with E-state index in [4.69, 9.17) is 25.8 Å². The van der Waals surface area contributed by atoms with Gasteiger partial charge in [0.1, 0.15) is 6.07 Å². The summed E-state index contributed by atoms with van der Waals surface area (Å²) in [4.78, 5) is 0. The fourth-order valence-corrected chi connectivity index (χ4v) is 2.00. The van der Waals surface area contributed by atoms with E-state index in [0.717, 1.165) is 30.6 Å². The van der Waals surface area contributed by atoms with E-state index in [9.17, 15) is 0 Å². The molecule has 100 valence electrons. The van der Waals surface area contributed by atoms with Crippen LogP contribution in [0, 0.1) is 0 Å². The van der Waals surface area contributed by atoms with Gasteiger partial charge in [-0.15, -0.1) is 0 Å². The Hall–Kier alpha value is -0.610. The number of hydrogen-bond acceptors (Lipinski definition) is 3. The highest BCUT2D eigenvalue weighted by Crippen LogP contribution is 2.16. The molecule has 4 heteroatoms. The van der Waals surface area contributed by atoms with Gasteiger partial charge in [0.05, 0.1) is 13.2 Å². The maximum absolute atomic E-state index is 5.72. The predicted octanol–water partition coefficient (Wildman–Crippen LogP) is 3.44. The van der Waals surface area contributed by atoms with Gasteiger partial charge in [-0.25, -0.2) is 0 Å². The lowest BCUT2D eigenvalue weighted by molar-refractivity contribution is -0.168. The van der Waals surface area contributed by atoms with Crippen LogP contribution in [0.2, 0.25) is 0 Å². The van der Waals surface area contributed by atoms with Crippen molar-refractivity contribution in [1.82, 2.24) is 0 Å². The van der Waals surface area contributed by atoms with Gasteiger partial charge in [0.2, 0.25) is 0 Å². The Morgan fingerprint density at radius 1 is 1.11 bits per heavy atom. The van der Waals surface area contributed by atoms with E-state index in [1.54, 1.807) is 0 Å². The summed E-state index contributed by atoms with van der Waals surface area (Å²) in [5.41, 5.74) is 2.27. The highest BCUT2D eigenvalue weighted by atomic mass is 35.5. The van der Waals surface area contributed by atoms with E-state index >= 15 is 0 Å². The Morgan fingerprint density at radius 2 is 1.83 bits per heavy atom. The molecule has 0 saturated carbocycles. The Kier molecular flexibility index (Phi) is 5.94. The summed E-state index contributed by atoms with van der Waals surface area (Å²) in [5, 5.41) is 0. The zero-order valence-corrected chi connectivity index (χ0v) is 11.2. The summed E-state index contributed by atoms with van der Waals surface area (Å²) >= 11 is 5.46. The molecule has 0 aliphatic carbocycles. The number of ether oxygens (including phenoxy) is 3. The van der Waals surface area contributed by atoms with Gasteiger partial charge in [-0.05, 0) is 30.4 Å². The number of halogens is 1. The third-order valence-electron chi connectivity index (χ3n) is 2.94. The molecule has 1 heterocycles. The molecule has 0 amide bonds. The second kappa shape index (κ2) is 7.74. The fourth-order valence-electron chi connectivity index (χ4n) is 1.92. The molecular formula is C14H19ClO3. The average molecular weight is 271 g/mol. The van der Waals surface area contributed by atoms with Crippen LogP contribution in [0.3, 0.4) is 0 Å². The lowest BCUT2D eigenvalue weighted by Gasteiger charge is -2.22. The molecule has 0 bridgehead atoms. The van der Waals surface area contributed by atoms with Crippen LogP contribution in [0.25, 0.3) is 0 Å². The van der Waals surface area contributed by atoms with E-state index < -0.39 is 0 Å². The summed E-state index contributed by atoms with van der Waals surface area (Å²) in [6, 6.07) is 8.40. The van der Waals surface area contributed by atoms with Crippen molar-refractivity contribution in [3.05, 3.63) is 35.4 Å². The highest BCUT2D eigenvalue weighted by molar-refractivity contribution is 6.17. The molecule has 2 rings (SSSR count). The van der Waals surface area contributed by atoms with Gasteiger partial charge in [-0.1, -0.05) is 35.9 Å². The van der Waals surface area contributed by atoms with Crippen LogP contribution in [0.15, 0.2) is 24.3 Å². The van der Waals surface area contributed by atoms with Crippen LogP contribution >= 0.6 is 11.6 Å². The first-order valence-electron chi connectivity index (χ1n) is 6.33. The summed E-state index contributed by atoms with van der Waals surface area (Å²) in [6.07, 6.45) is 3.31. The molecule has 0 radical (unpaired) electrons. The average Bonchev–Trinajstić information content (AvgIpc) is 2.45. The van der Waals surface area contributed by atoms with Crippen molar-refractivity contribution >= 4 is 11.6 Å². The van der Waals surface area contributed by atoms with Gasteiger partial charge in [0.15, 0.2) is 6.29 Å². The SMILES string of the molecule is ClCOCc1ccc(COC2CCCCO2)cc1. The first-order chi connectivity index (χ1) is 8.88. The lowest BCUT2D eigenvalue weighted by atomic mass is 10.1. The lowest BCUT2D eigenvalue weighted by Crippen LogP contribution is -2.21. The Morgan fingerprint density at radius 3 is 2.44 bits per heavy atom. The fraction of sp³-hybridized carbons (Fsp3) is 0.571. The highest BCUT2D eigenvalue weighted by Gasteiger charge is 2.13. The first kappa shape index (κ1) is 13.8. The van der Waals surface area contributed by atoms with Crippen LogP contribution in [-0.4, -0.2) is 19.0 Å². The van der Waals surface area contributed by atoms with Gasteiger partial charge in [-0.3, -0.25) is 0 Å². The van der Waals surface area contributed by atoms with Crippen molar-refractivity contribution in [2.24, 2.45) is 0 Å². The van der Waals surface area contributed by atoms with Crippen molar-refractivity contribution in [2.75, 3.05) is 12.7 Å². The van der Waals surface area contributed by atoms with E-state index in [1.165, 1.54) is 6.42 Å². The maximum atomic E-state index is 5.72. The van der Waals surface area contributed by atoms with Crippen molar-refractivity contribution in [1.29, 1.82) is 0 Å². The second-order valence-electron chi connectivity index (χ2n) is 4.38. The van der Waals surface area contributed by atoms with Crippen molar-refractivity contribution in [3.63, 3.8) is 0 Å². The predicted molar refractivity (Wildman–Crippen MR) is 70.3 cm³/mol. The Balaban J connectivity index is 1.75. The molecule has 1 saturated heterocycles. The Labute approximate surface area is 113 Å². The van der Waals surface area contributed by atoms with E-state index in [-0.39, 0.29) is 12.4 Å². The number of benzene rings is 1. The van der Waals surface area contributed by atoms with Crippen LogP contribution in [0.5, 0.6) is 0 Å². The topological polar surface area (TPSA) is 27.7 Å². The molecule has 1 aliphatic heterocycles. The number of alkyl halides is 1. The zero-order valence-electron chi connectivity index (χ0n) is 10.4. The molecular weight excluding hydrogens is 252 g/mol. The molecule has 1 aromatic carbocycles. The molecule has 0 aromatic heterocycles. The van der Waals surface area contributed by atoms with E-state index in [0.29, 0.717) is 13.2 Å². The van der Waals surface area contributed by atoms with Crippen LogP contribution in [0.1, 0.15) is 30.4 Å². The molecule has 1 unspecified atom stereocenters. The van der Waals surface area contributed by atoms with Gasteiger partial charge in [-0.2, -0.15) is 0 Å². The van der Waals surface area contributed by atoms with Crippen molar-refractivity contribution < 1.29 is 14.2 Å². The maximum Gasteiger partial charge on any atom is 0.158 e. The smallest absolute Gasteiger partial charge is 0.158 e. The molecule has 1 fully saturated rings. The third-order valence-corrected chi connectivity index (χ3v) is 3.10. The van der Waals surface area contributed by atoms with Crippen LogP contribution < -0.4 is 0 Å².